The third-order valence-corrected chi connectivity index (χ3v) is 2.37. The minimum Gasteiger partial charge on any atom is -0.424 e. The third kappa shape index (κ3) is 1.97. The van der Waals surface area contributed by atoms with Crippen LogP contribution in [0.3, 0.4) is 0 Å². The van der Waals surface area contributed by atoms with Gasteiger partial charge in [0, 0.05) is 5.69 Å². The molecule has 0 bridgehead atoms. The van der Waals surface area contributed by atoms with E-state index in [0.29, 0.717) is 41.1 Å². The second-order valence-corrected chi connectivity index (χ2v) is 3.84. The molecule has 0 aliphatic rings. The fourth-order valence-corrected chi connectivity index (χ4v) is 1.58. The molecule has 3 N–H and O–H groups in total. The number of nitrogen functional groups attached to an aromatic ring is 1. The molecular weight excluding hydrogens is 234 g/mol. The molecule has 2 aromatic heterocycles. The van der Waals surface area contributed by atoms with E-state index in [2.05, 4.69) is 20.4 Å². The SMILES string of the molecule is Cc1noc(CNc2nc3cc(N)ccc3o2)n1. The fourth-order valence-electron chi connectivity index (χ4n) is 1.58. The maximum absolute atomic E-state index is 5.67. The van der Waals surface area contributed by atoms with Crippen LogP contribution in [0.2, 0.25) is 0 Å². The lowest BCUT2D eigenvalue weighted by Crippen LogP contribution is -1.99. The molecule has 3 rings (SSSR count). The zero-order valence-electron chi connectivity index (χ0n) is 9.67. The number of nitrogens with two attached hydrogens (primary N) is 1. The van der Waals surface area contributed by atoms with E-state index in [1.807, 2.05) is 0 Å². The molecule has 0 radical (unpaired) electrons. The molecule has 0 aliphatic carbocycles. The highest BCUT2D eigenvalue weighted by atomic mass is 16.5. The predicted molar refractivity (Wildman–Crippen MR) is 64.8 cm³/mol. The predicted octanol–water partition coefficient (Wildman–Crippen LogP) is 1.71. The molecule has 3 aromatic rings. The van der Waals surface area contributed by atoms with Gasteiger partial charge in [0.15, 0.2) is 11.4 Å². The molecule has 0 atom stereocenters. The molecule has 7 nitrogen and oxygen atoms in total. The van der Waals surface area contributed by atoms with E-state index in [1.54, 1.807) is 25.1 Å². The highest BCUT2D eigenvalue weighted by Gasteiger charge is 2.07. The van der Waals surface area contributed by atoms with Crippen molar-refractivity contribution in [1.29, 1.82) is 0 Å². The largest absolute Gasteiger partial charge is 0.424 e. The Kier molecular flexibility index (Phi) is 2.36. The Hall–Kier alpha value is -2.57. The van der Waals surface area contributed by atoms with E-state index < -0.39 is 0 Å². The minimum absolute atomic E-state index is 0.364. The molecule has 0 amide bonds. The number of hydrogen-bond acceptors (Lipinski definition) is 7. The lowest BCUT2D eigenvalue weighted by Gasteiger charge is -1.94. The van der Waals surface area contributed by atoms with E-state index in [-0.39, 0.29) is 0 Å². The van der Waals surface area contributed by atoms with Gasteiger partial charge in [-0.2, -0.15) is 9.97 Å². The summed E-state index contributed by atoms with van der Waals surface area (Å²) in [5, 5.41) is 6.66. The summed E-state index contributed by atoms with van der Waals surface area (Å²) >= 11 is 0. The van der Waals surface area contributed by atoms with E-state index in [4.69, 9.17) is 14.7 Å². The summed E-state index contributed by atoms with van der Waals surface area (Å²) in [6.07, 6.45) is 0. The molecule has 92 valence electrons. The molecule has 18 heavy (non-hydrogen) atoms. The van der Waals surface area contributed by atoms with Gasteiger partial charge in [-0.1, -0.05) is 5.16 Å². The summed E-state index contributed by atoms with van der Waals surface area (Å²) in [5.41, 5.74) is 7.70. The van der Waals surface area contributed by atoms with Crippen molar-refractivity contribution in [1.82, 2.24) is 15.1 Å². The van der Waals surface area contributed by atoms with Crippen LogP contribution in [0.25, 0.3) is 11.1 Å². The Balaban J connectivity index is 1.78. The van der Waals surface area contributed by atoms with Crippen LogP contribution in [0, 0.1) is 6.92 Å². The summed E-state index contributed by atoms with van der Waals surface area (Å²) < 4.78 is 10.5. The molecule has 0 saturated heterocycles. The number of anilines is 2. The fraction of sp³-hybridized carbons (Fsp3) is 0.182. The van der Waals surface area contributed by atoms with Gasteiger partial charge in [-0.25, -0.2) is 0 Å². The van der Waals surface area contributed by atoms with Crippen molar-refractivity contribution in [2.45, 2.75) is 13.5 Å². The lowest BCUT2D eigenvalue weighted by molar-refractivity contribution is 0.378. The number of nitrogens with one attached hydrogen (secondary N) is 1. The number of fused-ring (bicyclic) bond motifs is 1. The van der Waals surface area contributed by atoms with Crippen molar-refractivity contribution >= 4 is 22.8 Å². The highest BCUT2D eigenvalue weighted by molar-refractivity contribution is 5.78. The van der Waals surface area contributed by atoms with Gasteiger partial charge in [-0.3, -0.25) is 0 Å². The molecule has 0 aliphatic heterocycles. The normalized spacial score (nSPS) is 10.9. The average Bonchev–Trinajstić information content (AvgIpc) is 2.92. The van der Waals surface area contributed by atoms with Gasteiger partial charge in [0.1, 0.15) is 5.52 Å². The maximum Gasteiger partial charge on any atom is 0.296 e. The summed E-state index contributed by atoms with van der Waals surface area (Å²) in [7, 11) is 0. The number of hydrogen-bond donors (Lipinski definition) is 2. The van der Waals surface area contributed by atoms with Crippen LogP contribution in [0.5, 0.6) is 0 Å². The van der Waals surface area contributed by atoms with E-state index in [9.17, 15) is 0 Å². The Morgan fingerprint density at radius 3 is 3.00 bits per heavy atom. The smallest absolute Gasteiger partial charge is 0.296 e. The van der Waals surface area contributed by atoms with Gasteiger partial charge in [-0.05, 0) is 25.1 Å². The first-order chi connectivity index (χ1) is 8.70. The van der Waals surface area contributed by atoms with Gasteiger partial charge in [-0.15, -0.1) is 0 Å². The van der Waals surface area contributed by atoms with Crippen molar-refractivity contribution in [3.63, 3.8) is 0 Å². The van der Waals surface area contributed by atoms with Crippen LogP contribution < -0.4 is 11.1 Å². The Morgan fingerprint density at radius 1 is 1.33 bits per heavy atom. The molecule has 1 aromatic carbocycles. The first kappa shape index (κ1) is 10.6. The first-order valence-electron chi connectivity index (χ1n) is 5.40. The van der Waals surface area contributed by atoms with Crippen LogP contribution in [0.4, 0.5) is 11.7 Å². The van der Waals surface area contributed by atoms with Gasteiger partial charge >= 0.3 is 0 Å². The van der Waals surface area contributed by atoms with E-state index in [0.717, 1.165) is 0 Å². The van der Waals surface area contributed by atoms with Crippen molar-refractivity contribution in [3.05, 3.63) is 29.9 Å². The molecule has 0 unspecified atom stereocenters. The second-order valence-electron chi connectivity index (χ2n) is 3.84. The highest BCUT2D eigenvalue weighted by Crippen LogP contribution is 2.21. The van der Waals surface area contributed by atoms with Crippen molar-refractivity contribution < 1.29 is 8.94 Å². The number of nitrogens with zero attached hydrogens (tertiary/aromatic N) is 3. The maximum atomic E-state index is 5.67. The third-order valence-electron chi connectivity index (χ3n) is 2.37. The topological polar surface area (TPSA) is 103 Å². The van der Waals surface area contributed by atoms with Gasteiger partial charge < -0.3 is 20.0 Å². The van der Waals surface area contributed by atoms with Crippen molar-refractivity contribution in [2.24, 2.45) is 0 Å². The van der Waals surface area contributed by atoms with Crippen molar-refractivity contribution in [2.75, 3.05) is 11.1 Å². The van der Waals surface area contributed by atoms with Crippen LogP contribution in [0.15, 0.2) is 27.1 Å². The number of aromatic nitrogens is 3. The molecule has 0 saturated carbocycles. The summed E-state index contributed by atoms with van der Waals surface area (Å²) in [6, 6.07) is 5.69. The molecule has 0 spiro atoms. The standard InChI is InChI=1S/C11H11N5O2/c1-6-14-10(18-16-6)5-13-11-15-8-4-7(12)2-3-9(8)17-11/h2-4H,5,12H2,1H3,(H,13,15). The number of oxazole rings is 1. The summed E-state index contributed by atoms with van der Waals surface area (Å²) in [4.78, 5) is 8.31. The lowest BCUT2D eigenvalue weighted by atomic mass is 10.3. The summed E-state index contributed by atoms with van der Waals surface area (Å²) in [6.45, 7) is 2.12. The molecule has 7 heteroatoms. The first-order valence-corrected chi connectivity index (χ1v) is 5.40. The van der Waals surface area contributed by atoms with Crippen LogP contribution in [0.1, 0.15) is 11.7 Å². The van der Waals surface area contributed by atoms with Gasteiger partial charge in [0.25, 0.3) is 6.01 Å². The summed E-state index contributed by atoms with van der Waals surface area (Å²) in [5.74, 6) is 1.08. The Labute approximate surface area is 102 Å². The average molecular weight is 245 g/mol. The van der Waals surface area contributed by atoms with E-state index in [1.165, 1.54) is 0 Å². The zero-order chi connectivity index (χ0) is 12.5. The van der Waals surface area contributed by atoms with Crippen LogP contribution >= 0.6 is 0 Å². The molecular formula is C11H11N5O2. The number of rotatable bonds is 3. The van der Waals surface area contributed by atoms with Gasteiger partial charge in [0.2, 0.25) is 5.89 Å². The monoisotopic (exact) mass is 245 g/mol. The number of aryl methyl sites for hydroxylation is 1. The van der Waals surface area contributed by atoms with Crippen LogP contribution in [-0.4, -0.2) is 15.1 Å². The molecule has 0 fully saturated rings. The number of benzene rings is 1. The zero-order valence-corrected chi connectivity index (χ0v) is 9.67. The minimum atomic E-state index is 0.364. The molecule has 2 heterocycles. The Bertz CT molecular complexity index is 688. The van der Waals surface area contributed by atoms with E-state index >= 15 is 0 Å². The Morgan fingerprint density at radius 2 is 2.22 bits per heavy atom. The quantitative estimate of drug-likeness (QED) is 0.677. The second kappa shape index (κ2) is 4.02. The van der Waals surface area contributed by atoms with Crippen molar-refractivity contribution in [3.8, 4) is 0 Å². The van der Waals surface area contributed by atoms with Crippen LogP contribution in [-0.2, 0) is 6.54 Å². The van der Waals surface area contributed by atoms with Gasteiger partial charge in [0.05, 0.1) is 6.54 Å².